The van der Waals surface area contributed by atoms with Gasteiger partial charge in [0.25, 0.3) is 0 Å². The second-order valence-corrected chi connectivity index (χ2v) is 4.11. The zero-order valence-corrected chi connectivity index (χ0v) is 9.81. The van der Waals surface area contributed by atoms with Gasteiger partial charge in [-0.05, 0) is 12.8 Å². The number of nitrogens with zero attached hydrogens (tertiary/aromatic N) is 2. The predicted molar refractivity (Wildman–Crippen MR) is 56.6 cm³/mol. The first-order chi connectivity index (χ1) is 8.92. The van der Waals surface area contributed by atoms with Crippen LogP contribution in [0.15, 0.2) is 12.4 Å². The summed E-state index contributed by atoms with van der Waals surface area (Å²) in [7, 11) is 0. The van der Waals surface area contributed by atoms with Crippen LogP contribution in [0.5, 0.6) is 11.8 Å². The molecule has 0 aromatic carbocycles. The van der Waals surface area contributed by atoms with Crippen LogP contribution >= 0.6 is 0 Å². The predicted octanol–water partition coefficient (Wildman–Crippen LogP) is 2.27. The molecule has 0 saturated heterocycles. The number of ketones is 1. The highest BCUT2D eigenvalue weighted by atomic mass is 19.4. The third-order valence-electron chi connectivity index (χ3n) is 2.60. The monoisotopic (exact) mass is 276 g/mol. The van der Waals surface area contributed by atoms with Crippen molar-refractivity contribution in [3.8, 4) is 11.8 Å². The Kier molecular flexibility index (Phi) is 3.87. The highest BCUT2D eigenvalue weighted by Gasteiger charge is 2.31. The lowest BCUT2D eigenvalue weighted by Gasteiger charge is -2.21. The quantitative estimate of drug-likeness (QED) is 0.847. The second-order valence-electron chi connectivity index (χ2n) is 4.11. The normalized spacial score (nSPS) is 17.3. The summed E-state index contributed by atoms with van der Waals surface area (Å²) in [5, 5.41) is 0. The maximum Gasteiger partial charge on any atom is 0.573 e. The summed E-state index contributed by atoms with van der Waals surface area (Å²) in [6, 6.07) is -0.0196. The van der Waals surface area contributed by atoms with Gasteiger partial charge in [0.05, 0.1) is 12.4 Å². The first-order valence-electron chi connectivity index (χ1n) is 5.68. The van der Waals surface area contributed by atoms with Crippen molar-refractivity contribution >= 4 is 5.78 Å². The summed E-state index contributed by atoms with van der Waals surface area (Å²) in [6.07, 6.45) is -1.12. The van der Waals surface area contributed by atoms with E-state index in [1.165, 1.54) is 0 Å². The van der Waals surface area contributed by atoms with E-state index < -0.39 is 12.1 Å². The van der Waals surface area contributed by atoms with Crippen LogP contribution in [0.25, 0.3) is 0 Å². The number of Topliss-reactive ketones (excluding diaryl/α,β-unsaturated/α-hetero) is 1. The molecule has 0 aliphatic heterocycles. The highest BCUT2D eigenvalue weighted by molar-refractivity contribution is 5.79. The number of alkyl halides is 3. The number of aromatic nitrogens is 2. The van der Waals surface area contributed by atoms with Crippen LogP contribution < -0.4 is 9.47 Å². The summed E-state index contributed by atoms with van der Waals surface area (Å²) < 4.78 is 44.7. The topological polar surface area (TPSA) is 61.3 Å². The van der Waals surface area contributed by atoms with Gasteiger partial charge in [-0.3, -0.25) is 4.79 Å². The van der Waals surface area contributed by atoms with Gasteiger partial charge < -0.3 is 9.47 Å². The van der Waals surface area contributed by atoms with Crippen LogP contribution in [0.2, 0.25) is 0 Å². The van der Waals surface area contributed by atoms with Crippen LogP contribution in [-0.2, 0) is 4.79 Å². The third-order valence-corrected chi connectivity index (χ3v) is 2.60. The molecule has 19 heavy (non-hydrogen) atoms. The summed E-state index contributed by atoms with van der Waals surface area (Å²) in [4.78, 5) is 18.3. The van der Waals surface area contributed by atoms with E-state index in [0.717, 1.165) is 12.4 Å². The van der Waals surface area contributed by atoms with Crippen LogP contribution in [0.4, 0.5) is 13.2 Å². The molecule has 0 N–H and O–H groups in total. The molecule has 1 saturated carbocycles. The summed E-state index contributed by atoms with van der Waals surface area (Å²) >= 11 is 0. The zero-order valence-electron chi connectivity index (χ0n) is 9.81. The van der Waals surface area contributed by atoms with Crippen molar-refractivity contribution in [2.75, 3.05) is 0 Å². The molecule has 1 fully saturated rings. The van der Waals surface area contributed by atoms with Crippen molar-refractivity contribution < 1.29 is 27.4 Å². The molecule has 0 amide bonds. The number of carbonyl (C=O) groups is 1. The van der Waals surface area contributed by atoms with Crippen molar-refractivity contribution in [1.82, 2.24) is 9.97 Å². The fourth-order valence-corrected chi connectivity index (χ4v) is 1.73. The number of carbonyl (C=O) groups excluding carboxylic acids is 1. The zero-order chi connectivity index (χ0) is 13.9. The van der Waals surface area contributed by atoms with E-state index >= 15 is 0 Å². The van der Waals surface area contributed by atoms with E-state index in [1.807, 2.05) is 0 Å². The van der Waals surface area contributed by atoms with Crippen molar-refractivity contribution in [2.24, 2.45) is 0 Å². The number of ether oxygens (including phenoxy) is 2. The smallest absolute Gasteiger partial charge is 0.460 e. The van der Waals surface area contributed by atoms with Gasteiger partial charge in [0, 0.05) is 12.8 Å². The Bertz CT molecular complexity index is 437. The van der Waals surface area contributed by atoms with Gasteiger partial charge in [0.15, 0.2) is 5.75 Å². The maximum atomic E-state index is 11.9. The average molecular weight is 276 g/mol. The number of hydrogen-bond donors (Lipinski definition) is 0. The molecule has 2 rings (SSSR count). The Morgan fingerprint density at radius 2 is 1.74 bits per heavy atom. The van der Waals surface area contributed by atoms with Crippen molar-refractivity contribution in [2.45, 2.75) is 38.1 Å². The van der Waals surface area contributed by atoms with E-state index in [2.05, 4.69) is 14.7 Å². The molecule has 5 nitrogen and oxygen atoms in total. The fraction of sp³-hybridized carbons (Fsp3) is 0.545. The van der Waals surface area contributed by atoms with Crippen molar-refractivity contribution in [1.29, 1.82) is 0 Å². The summed E-state index contributed by atoms with van der Waals surface area (Å²) in [6.45, 7) is 0. The number of rotatable bonds is 3. The molecule has 104 valence electrons. The molecule has 1 aromatic rings. The minimum Gasteiger partial charge on any atom is -0.460 e. The van der Waals surface area contributed by atoms with Gasteiger partial charge >= 0.3 is 12.4 Å². The molecular weight excluding hydrogens is 265 g/mol. The summed E-state index contributed by atoms with van der Waals surface area (Å²) in [5.74, 6) is -0.312. The Labute approximate surface area is 106 Å². The molecule has 0 radical (unpaired) electrons. The van der Waals surface area contributed by atoms with Crippen molar-refractivity contribution in [3.63, 3.8) is 0 Å². The second kappa shape index (κ2) is 5.41. The van der Waals surface area contributed by atoms with E-state index in [0.29, 0.717) is 25.7 Å². The van der Waals surface area contributed by atoms with E-state index in [9.17, 15) is 18.0 Å². The minimum absolute atomic E-state index is 0.0196. The van der Waals surface area contributed by atoms with Crippen LogP contribution in [0.3, 0.4) is 0 Å². The first kappa shape index (κ1) is 13.6. The molecule has 1 aromatic heterocycles. The van der Waals surface area contributed by atoms with E-state index in [-0.39, 0.29) is 17.9 Å². The lowest BCUT2D eigenvalue weighted by atomic mass is 9.97. The van der Waals surface area contributed by atoms with E-state index in [1.54, 1.807) is 0 Å². The fourth-order valence-electron chi connectivity index (χ4n) is 1.73. The Balaban J connectivity index is 1.90. The molecule has 0 atom stereocenters. The molecule has 8 heteroatoms. The van der Waals surface area contributed by atoms with Crippen LogP contribution in [0.1, 0.15) is 25.7 Å². The molecule has 1 aliphatic carbocycles. The Morgan fingerprint density at radius 3 is 2.26 bits per heavy atom. The maximum absolute atomic E-state index is 11.9. The highest BCUT2D eigenvalue weighted by Crippen LogP contribution is 2.23. The standard InChI is InChI=1S/C11H11F3N2O3/c12-11(13,14)19-9-5-15-10(16-6-9)18-8-3-1-7(17)2-4-8/h5-6,8H,1-4H2. The Hall–Kier alpha value is -1.86. The molecule has 1 aliphatic rings. The summed E-state index contributed by atoms with van der Waals surface area (Å²) in [5.41, 5.74) is 0. The number of halogens is 3. The van der Waals surface area contributed by atoms with Gasteiger partial charge in [0.2, 0.25) is 0 Å². The Morgan fingerprint density at radius 1 is 1.16 bits per heavy atom. The van der Waals surface area contributed by atoms with Gasteiger partial charge in [-0.15, -0.1) is 13.2 Å². The van der Waals surface area contributed by atoms with Crippen LogP contribution in [-0.4, -0.2) is 28.2 Å². The van der Waals surface area contributed by atoms with Gasteiger partial charge in [-0.2, -0.15) is 9.97 Å². The van der Waals surface area contributed by atoms with Gasteiger partial charge in [-0.25, -0.2) is 0 Å². The lowest BCUT2D eigenvalue weighted by molar-refractivity contribution is -0.274. The third kappa shape index (κ3) is 4.38. The first-order valence-corrected chi connectivity index (χ1v) is 5.68. The van der Waals surface area contributed by atoms with Gasteiger partial charge in [0.1, 0.15) is 11.9 Å². The van der Waals surface area contributed by atoms with Crippen LogP contribution in [0, 0.1) is 0 Å². The lowest BCUT2D eigenvalue weighted by Crippen LogP contribution is -2.24. The largest absolute Gasteiger partial charge is 0.573 e. The molecule has 0 bridgehead atoms. The number of hydrogen-bond acceptors (Lipinski definition) is 5. The SMILES string of the molecule is O=C1CCC(Oc2ncc(OC(F)(F)F)cn2)CC1. The molecule has 0 unspecified atom stereocenters. The van der Waals surface area contributed by atoms with Gasteiger partial charge in [-0.1, -0.05) is 0 Å². The molecule has 1 heterocycles. The molecular formula is C11H11F3N2O3. The minimum atomic E-state index is -4.77. The average Bonchev–Trinajstić information content (AvgIpc) is 2.33. The van der Waals surface area contributed by atoms with E-state index in [4.69, 9.17) is 4.74 Å². The van der Waals surface area contributed by atoms with Crippen molar-refractivity contribution in [3.05, 3.63) is 12.4 Å². The molecule has 0 spiro atoms.